The number of likely N-dealkylation sites (N-methyl/N-ethyl adjacent to an activating group) is 1. The van der Waals surface area contributed by atoms with Gasteiger partial charge in [-0.3, -0.25) is 38.4 Å². The number of nitrogens with one attached hydrogen (secondary N) is 6. The van der Waals surface area contributed by atoms with Gasteiger partial charge >= 0.3 is 17.9 Å². The fourth-order valence-electron chi connectivity index (χ4n) is 7.02. The van der Waals surface area contributed by atoms with Gasteiger partial charge in [0.25, 0.3) is 5.91 Å². The van der Waals surface area contributed by atoms with E-state index in [4.69, 9.17) is 4.74 Å². The topological polar surface area (TPSA) is 316 Å². The van der Waals surface area contributed by atoms with E-state index in [9.17, 15) is 63.3 Å². The van der Waals surface area contributed by atoms with Crippen LogP contribution in [0.3, 0.4) is 0 Å². The molecule has 68 heavy (non-hydrogen) atoms. The van der Waals surface area contributed by atoms with E-state index in [-0.39, 0.29) is 24.4 Å². The quantitative estimate of drug-likeness (QED) is 0.0935. The summed E-state index contributed by atoms with van der Waals surface area (Å²) in [6.45, 7) is 13.4. The zero-order valence-electron chi connectivity index (χ0n) is 39.8. The molecule has 0 aliphatic carbocycles. The predicted molar refractivity (Wildman–Crippen MR) is 247 cm³/mol. The second kappa shape index (κ2) is 27.7. The molecule has 1 fully saturated rings. The molecule has 0 bridgehead atoms. The van der Waals surface area contributed by atoms with Gasteiger partial charge in [0, 0.05) is 32.9 Å². The molecule has 0 saturated carbocycles. The number of carbonyl (C=O) groups excluding carboxylic acids is 7. The Morgan fingerprint density at radius 1 is 0.824 bits per heavy atom. The van der Waals surface area contributed by atoms with Gasteiger partial charge in [0.15, 0.2) is 0 Å². The number of amides is 7. The second-order valence-electron chi connectivity index (χ2n) is 17.3. The van der Waals surface area contributed by atoms with Crippen LogP contribution in [0.2, 0.25) is 0 Å². The number of carboxylic acid groups (broad SMARTS) is 3. The molecule has 2 rings (SSSR count). The molecule has 1 heterocycles. The van der Waals surface area contributed by atoms with Crippen LogP contribution in [0, 0.1) is 17.8 Å². The fourth-order valence-corrected chi connectivity index (χ4v) is 7.02. The Morgan fingerprint density at radius 2 is 1.43 bits per heavy atom. The predicted octanol–water partition coefficient (Wildman–Crippen LogP) is 1.18. The Morgan fingerprint density at radius 3 is 2.00 bits per heavy atom. The molecule has 21 heteroatoms. The first kappa shape index (κ1) is 57.2. The molecule has 0 unspecified atom stereocenters. The number of nitrogens with zero attached hydrogens (tertiary/aromatic N) is 1. The number of aliphatic carboxylic acids is 3. The van der Waals surface area contributed by atoms with Crippen molar-refractivity contribution < 1.29 is 68.0 Å². The third kappa shape index (κ3) is 19.1. The van der Waals surface area contributed by atoms with Crippen LogP contribution < -0.4 is 31.9 Å². The second-order valence-corrected chi connectivity index (χ2v) is 17.3. The van der Waals surface area contributed by atoms with Gasteiger partial charge in [-0.1, -0.05) is 88.4 Å². The van der Waals surface area contributed by atoms with Crippen molar-refractivity contribution in [2.24, 2.45) is 17.8 Å². The van der Waals surface area contributed by atoms with Crippen molar-refractivity contribution in [3.05, 3.63) is 72.0 Å². The summed E-state index contributed by atoms with van der Waals surface area (Å²) in [6.07, 6.45) is 2.24. The Hall–Kier alpha value is -6.90. The molecule has 9 N–H and O–H groups in total. The van der Waals surface area contributed by atoms with Gasteiger partial charge in [-0.15, -0.1) is 0 Å². The van der Waals surface area contributed by atoms with E-state index < -0.39 is 139 Å². The molecule has 0 aromatic heterocycles. The van der Waals surface area contributed by atoms with Crippen LogP contribution in [0.5, 0.6) is 0 Å². The summed E-state index contributed by atoms with van der Waals surface area (Å²) in [5, 5.41) is 44.0. The van der Waals surface area contributed by atoms with E-state index in [1.807, 2.05) is 43.3 Å². The Kier molecular flexibility index (Phi) is 23.3. The first-order valence-corrected chi connectivity index (χ1v) is 22.2. The lowest BCUT2D eigenvalue weighted by atomic mass is 9.94. The van der Waals surface area contributed by atoms with E-state index >= 15 is 0 Å². The van der Waals surface area contributed by atoms with Crippen LogP contribution in [0.4, 0.5) is 0 Å². The standard InChI is InChI=1S/C47H67N7O14/c1-25(2)21-35-45(63)53-36(47(66)67)24-38(55)49-33(18-20-40(57)58)44(62)50-32(16-15-26(3)22-27(4)37(68-9)23-31-13-11-10-12-14-31)28(5)41(59)51-34(46(64)65)17-19-39(56)54(8)30(7)43(61)48-29(6)42(60)52-35/h10-16,22,25,27-29,32-37H,7,17-21,23-24H2,1-6,8-9H3,(H,48,61)(H,49,55)(H,50,62)(H,51,59)(H,52,60)(H,53,63)(H,57,58)(H,64,65)(H,66,67)/b16-15+,26-22+/t27-,28-,29+,32-,33-,34+,35-,36+,37-/m0/s1. The third-order valence-electron chi connectivity index (χ3n) is 11.2. The highest BCUT2D eigenvalue weighted by atomic mass is 16.5. The summed E-state index contributed by atoms with van der Waals surface area (Å²) >= 11 is 0. The minimum atomic E-state index is -1.91. The number of benzene rings is 1. The lowest BCUT2D eigenvalue weighted by Crippen LogP contribution is -2.57. The highest BCUT2D eigenvalue weighted by Gasteiger charge is 2.34. The first-order valence-electron chi connectivity index (χ1n) is 22.2. The number of hydrogen-bond donors (Lipinski definition) is 9. The van der Waals surface area contributed by atoms with E-state index in [0.29, 0.717) is 12.0 Å². The molecule has 0 spiro atoms. The number of rotatable bonds is 14. The molecule has 7 amide bonds. The summed E-state index contributed by atoms with van der Waals surface area (Å²) in [6, 6.07) is 0.521. The highest BCUT2D eigenvalue weighted by Crippen LogP contribution is 2.18. The summed E-state index contributed by atoms with van der Waals surface area (Å²) in [4.78, 5) is 132. The van der Waals surface area contributed by atoms with Crippen LogP contribution in [0.1, 0.15) is 85.6 Å². The number of methoxy groups -OCH3 is 1. The molecule has 1 aliphatic heterocycles. The van der Waals surface area contributed by atoms with E-state index in [1.165, 1.54) is 27.0 Å². The van der Waals surface area contributed by atoms with Gasteiger partial charge in [0.2, 0.25) is 35.4 Å². The van der Waals surface area contributed by atoms with E-state index in [1.54, 1.807) is 34.0 Å². The van der Waals surface area contributed by atoms with Crippen molar-refractivity contribution in [2.45, 2.75) is 129 Å². The van der Waals surface area contributed by atoms with Crippen LogP contribution in [0.15, 0.2) is 66.4 Å². The van der Waals surface area contributed by atoms with E-state index in [2.05, 4.69) is 38.5 Å². The van der Waals surface area contributed by atoms with Crippen LogP contribution in [-0.4, -0.2) is 136 Å². The van der Waals surface area contributed by atoms with Crippen molar-refractivity contribution in [3.8, 4) is 0 Å². The molecule has 0 radical (unpaired) electrons. The maximum Gasteiger partial charge on any atom is 0.326 e. The SMILES string of the molecule is C=C1C(=O)N[C@H](C)C(=O)N[C@@H](CC(C)C)C(=O)N[C@@H](C(=O)O)CC(=O)N[C@@H](CCC(=O)O)C(=O)N[C@@H](/C=C/C(C)=C/[C@H](C)[C@H](Cc2ccccc2)OC)[C@H](C)C(=O)N[C@@H](C(=O)O)CCC(=O)N1C. The lowest BCUT2D eigenvalue weighted by molar-refractivity contribution is -0.144. The number of hydrogen-bond acceptors (Lipinski definition) is 11. The van der Waals surface area contributed by atoms with Crippen molar-refractivity contribution in [2.75, 3.05) is 14.2 Å². The van der Waals surface area contributed by atoms with E-state index in [0.717, 1.165) is 10.5 Å². The molecule has 21 nitrogen and oxygen atoms in total. The normalized spacial score (nSPS) is 24.9. The Labute approximate surface area is 395 Å². The summed E-state index contributed by atoms with van der Waals surface area (Å²) in [7, 11) is 2.78. The monoisotopic (exact) mass is 953 g/mol. The number of ether oxygens (including phenoxy) is 1. The number of allylic oxidation sites excluding steroid dienone is 2. The van der Waals surface area contributed by atoms with Gasteiger partial charge in [-0.2, -0.15) is 0 Å². The van der Waals surface area contributed by atoms with Crippen LogP contribution in [0.25, 0.3) is 0 Å². The molecule has 1 aromatic rings. The summed E-state index contributed by atoms with van der Waals surface area (Å²) < 4.78 is 5.77. The van der Waals surface area contributed by atoms with Gasteiger partial charge < -0.3 is 56.9 Å². The average Bonchev–Trinajstić information content (AvgIpc) is 3.27. The maximum atomic E-state index is 14.0. The Balaban J connectivity index is 2.66. The Bertz CT molecular complexity index is 2070. The third-order valence-corrected chi connectivity index (χ3v) is 11.2. The molecule has 374 valence electrons. The summed E-state index contributed by atoms with van der Waals surface area (Å²) in [5.41, 5.74) is 1.29. The molecule has 9 atom stereocenters. The zero-order chi connectivity index (χ0) is 51.4. The van der Waals surface area contributed by atoms with Gasteiger partial charge in [-0.25, -0.2) is 9.59 Å². The minimum Gasteiger partial charge on any atom is -0.481 e. The van der Waals surface area contributed by atoms with Crippen LogP contribution >= 0.6 is 0 Å². The van der Waals surface area contributed by atoms with Crippen molar-refractivity contribution >= 4 is 59.3 Å². The van der Waals surface area contributed by atoms with Crippen molar-refractivity contribution in [3.63, 3.8) is 0 Å². The zero-order valence-corrected chi connectivity index (χ0v) is 39.8. The van der Waals surface area contributed by atoms with Crippen molar-refractivity contribution in [1.82, 2.24) is 36.8 Å². The number of carboxylic acids is 3. The summed E-state index contributed by atoms with van der Waals surface area (Å²) in [5.74, 6) is -12.8. The maximum absolute atomic E-state index is 14.0. The largest absolute Gasteiger partial charge is 0.481 e. The van der Waals surface area contributed by atoms with Gasteiger partial charge in [0.1, 0.15) is 35.9 Å². The average molecular weight is 954 g/mol. The van der Waals surface area contributed by atoms with Gasteiger partial charge in [0.05, 0.1) is 24.5 Å². The smallest absolute Gasteiger partial charge is 0.326 e. The number of carbonyl (C=O) groups is 10. The molecule has 1 aliphatic rings. The molecular weight excluding hydrogens is 887 g/mol. The molecular formula is C47H67N7O14. The van der Waals surface area contributed by atoms with Gasteiger partial charge in [-0.05, 0) is 51.0 Å². The highest BCUT2D eigenvalue weighted by molar-refractivity contribution is 6.00. The molecule has 1 saturated heterocycles. The fraction of sp³-hybridized carbons (Fsp3) is 0.532. The first-order chi connectivity index (χ1) is 31.8. The lowest BCUT2D eigenvalue weighted by Gasteiger charge is -2.27. The van der Waals surface area contributed by atoms with Crippen molar-refractivity contribution in [1.29, 1.82) is 0 Å². The minimum absolute atomic E-state index is 0.0167. The molecule has 1 aromatic carbocycles. The van der Waals surface area contributed by atoms with Crippen LogP contribution in [-0.2, 0) is 59.1 Å².